The Labute approximate surface area is 94.6 Å². The largest absolute Gasteiger partial charge is 0.377 e. The van der Waals surface area contributed by atoms with Crippen molar-refractivity contribution in [2.75, 3.05) is 11.2 Å². The van der Waals surface area contributed by atoms with Gasteiger partial charge in [0, 0.05) is 23.8 Å². The first kappa shape index (κ1) is 11.6. The van der Waals surface area contributed by atoms with E-state index < -0.39 is 0 Å². The highest BCUT2D eigenvalue weighted by molar-refractivity contribution is 6.33. The number of anilines is 1. The van der Waals surface area contributed by atoms with Crippen molar-refractivity contribution in [3.05, 3.63) is 23.5 Å². The van der Waals surface area contributed by atoms with Gasteiger partial charge in [-0.25, -0.2) is 0 Å². The van der Waals surface area contributed by atoms with E-state index in [-0.39, 0.29) is 5.54 Å². The highest BCUT2D eigenvalue weighted by atomic mass is 35.5. The molecule has 0 saturated heterocycles. The lowest BCUT2D eigenvalue weighted by atomic mass is 10.0. The van der Waals surface area contributed by atoms with Crippen molar-refractivity contribution >= 4 is 28.9 Å². The second-order valence-electron chi connectivity index (χ2n) is 3.53. The molecule has 4 heteroatoms. The van der Waals surface area contributed by atoms with Gasteiger partial charge in [-0.3, -0.25) is 4.98 Å². The summed E-state index contributed by atoms with van der Waals surface area (Å²) in [6.07, 6.45) is 4.27. The van der Waals surface area contributed by atoms with Gasteiger partial charge in [-0.1, -0.05) is 18.5 Å². The van der Waals surface area contributed by atoms with E-state index in [4.69, 9.17) is 23.2 Å². The molecule has 0 aliphatic carbocycles. The normalized spacial score (nSPS) is 14.9. The van der Waals surface area contributed by atoms with Crippen LogP contribution in [0.2, 0.25) is 5.02 Å². The zero-order chi connectivity index (χ0) is 10.6. The summed E-state index contributed by atoms with van der Waals surface area (Å²) < 4.78 is 0. The van der Waals surface area contributed by atoms with Crippen molar-refractivity contribution in [3.8, 4) is 0 Å². The molecule has 2 nitrogen and oxygen atoms in total. The zero-order valence-electron chi connectivity index (χ0n) is 8.35. The summed E-state index contributed by atoms with van der Waals surface area (Å²) in [5.41, 5.74) is 0.763. The summed E-state index contributed by atoms with van der Waals surface area (Å²) in [5, 5.41) is 3.94. The summed E-state index contributed by atoms with van der Waals surface area (Å²) in [7, 11) is 0. The third kappa shape index (κ3) is 2.76. The van der Waals surface area contributed by atoms with Crippen molar-refractivity contribution in [3.63, 3.8) is 0 Å². The number of aromatic nitrogens is 1. The number of halogens is 2. The van der Waals surface area contributed by atoms with Crippen molar-refractivity contribution in [2.45, 2.75) is 25.8 Å². The zero-order valence-corrected chi connectivity index (χ0v) is 9.86. The Hall–Kier alpha value is -0.470. The minimum Gasteiger partial charge on any atom is -0.377 e. The van der Waals surface area contributed by atoms with Crippen molar-refractivity contribution < 1.29 is 0 Å². The van der Waals surface area contributed by atoms with Crippen LogP contribution in [0, 0.1) is 0 Å². The smallest absolute Gasteiger partial charge is 0.0820 e. The number of hydrogen-bond acceptors (Lipinski definition) is 2. The van der Waals surface area contributed by atoms with Crippen LogP contribution in [0.3, 0.4) is 0 Å². The number of hydrogen-bond donors (Lipinski definition) is 1. The Morgan fingerprint density at radius 1 is 1.57 bits per heavy atom. The van der Waals surface area contributed by atoms with Gasteiger partial charge in [0.1, 0.15) is 0 Å². The molecule has 1 atom stereocenters. The van der Waals surface area contributed by atoms with Gasteiger partial charge in [0.25, 0.3) is 0 Å². The standard InChI is InChI=1S/C10H14Cl2N2/c1-3-10(2,7-11)14-9-4-5-13-6-8(9)12/h4-6H,3,7H2,1-2H3,(H,13,14). The van der Waals surface area contributed by atoms with Crippen LogP contribution in [0.15, 0.2) is 18.5 Å². The quantitative estimate of drug-likeness (QED) is 0.804. The molecule has 0 bridgehead atoms. The van der Waals surface area contributed by atoms with Crippen molar-refractivity contribution in [1.82, 2.24) is 4.98 Å². The first-order chi connectivity index (χ1) is 6.61. The maximum Gasteiger partial charge on any atom is 0.0820 e. The van der Waals surface area contributed by atoms with Crippen LogP contribution in [0.5, 0.6) is 0 Å². The van der Waals surface area contributed by atoms with Crippen LogP contribution in [-0.2, 0) is 0 Å². The van der Waals surface area contributed by atoms with Gasteiger partial charge in [0.2, 0.25) is 0 Å². The molecule has 1 N–H and O–H groups in total. The van der Waals surface area contributed by atoms with E-state index in [1.165, 1.54) is 0 Å². The SMILES string of the molecule is CCC(C)(CCl)Nc1ccncc1Cl. The van der Waals surface area contributed by atoms with Crippen LogP contribution in [0.25, 0.3) is 0 Å². The van der Waals surface area contributed by atoms with Gasteiger partial charge in [-0.15, -0.1) is 11.6 Å². The summed E-state index contributed by atoms with van der Waals surface area (Å²) >= 11 is 11.9. The number of nitrogens with zero attached hydrogens (tertiary/aromatic N) is 1. The monoisotopic (exact) mass is 232 g/mol. The molecule has 14 heavy (non-hydrogen) atoms. The second kappa shape index (κ2) is 4.85. The highest BCUT2D eigenvalue weighted by Crippen LogP contribution is 2.25. The number of nitrogens with one attached hydrogen (secondary N) is 1. The predicted octanol–water partition coefficient (Wildman–Crippen LogP) is 3.55. The topological polar surface area (TPSA) is 24.9 Å². The Morgan fingerprint density at radius 2 is 2.29 bits per heavy atom. The van der Waals surface area contributed by atoms with Crippen LogP contribution in [0.1, 0.15) is 20.3 Å². The second-order valence-corrected chi connectivity index (χ2v) is 4.20. The fourth-order valence-corrected chi connectivity index (χ4v) is 1.44. The molecule has 1 heterocycles. The Morgan fingerprint density at radius 3 is 2.79 bits per heavy atom. The van der Waals surface area contributed by atoms with Crippen molar-refractivity contribution in [1.29, 1.82) is 0 Å². The van der Waals surface area contributed by atoms with E-state index in [1.807, 2.05) is 6.07 Å². The molecule has 0 saturated carbocycles. The predicted molar refractivity (Wildman–Crippen MR) is 62.3 cm³/mol. The molecule has 0 aromatic carbocycles. The minimum atomic E-state index is -0.119. The lowest BCUT2D eigenvalue weighted by Gasteiger charge is -2.28. The van der Waals surface area contributed by atoms with E-state index >= 15 is 0 Å². The molecule has 1 unspecified atom stereocenters. The van der Waals surface area contributed by atoms with Crippen LogP contribution in [-0.4, -0.2) is 16.4 Å². The fraction of sp³-hybridized carbons (Fsp3) is 0.500. The molecule has 0 spiro atoms. The molecule has 0 fully saturated rings. The van der Waals surface area contributed by atoms with Crippen LogP contribution in [0.4, 0.5) is 5.69 Å². The van der Waals surface area contributed by atoms with Gasteiger partial charge in [-0.2, -0.15) is 0 Å². The first-order valence-corrected chi connectivity index (χ1v) is 5.46. The van der Waals surface area contributed by atoms with Gasteiger partial charge < -0.3 is 5.32 Å². The average molecular weight is 233 g/mol. The van der Waals surface area contributed by atoms with Gasteiger partial charge in [0.05, 0.1) is 10.7 Å². The average Bonchev–Trinajstić information content (AvgIpc) is 2.21. The lowest BCUT2D eigenvalue weighted by Crippen LogP contribution is -2.36. The van der Waals surface area contributed by atoms with E-state index in [2.05, 4.69) is 24.1 Å². The highest BCUT2D eigenvalue weighted by Gasteiger charge is 2.20. The first-order valence-electron chi connectivity index (χ1n) is 4.55. The van der Waals surface area contributed by atoms with Crippen LogP contribution < -0.4 is 5.32 Å². The molecule has 0 aliphatic rings. The molecule has 0 amide bonds. The Kier molecular flexibility index (Phi) is 4.02. The summed E-state index contributed by atoms with van der Waals surface area (Å²) in [5.74, 6) is 0.544. The summed E-state index contributed by atoms with van der Waals surface area (Å²) in [6, 6.07) is 1.85. The maximum atomic E-state index is 5.98. The fourth-order valence-electron chi connectivity index (χ4n) is 1.02. The molecular weight excluding hydrogens is 219 g/mol. The third-order valence-electron chi connectivity index (χ3n) is 2.28. The van der Waals surface area contributed by atoms with E-state index in [1.54, 1.807) is 12.4 Å². The summed E-state index contributed by atoms with van der Waals surface area (Å²) in [4.78, 5) is 3.92. The molecule has 0 radical (unpaired) electrons. The lowest BCUT2D eigenvalue weighted by molar-refractivity contribution is 0.554. The molecule has 1 rings (SSSR count). The van der Waals surface area contributed by atoms with E-state index in [9.17, 15) is 0 Å². The summed E-state index contributed by atoms with van der Waals surface area (Å²) in [6.45, 7) is 4.15. The Balaban J connectivity index is 2.82. The third-order valence-corrected chi connectivity index (χ3v) is 3.18. The van der Waals surface area contributed by atoms with Gasteiger partial charge in [0.15, 0.2) is 0 Å². The number of rotatable bonds is 4. The molecule has 0 aliphatic heterocycles. The Bertz CT molecular complexity index is 298. The van der Waals surface area contributed by atoms with E-state index in [0.29, 0.717) is 10.9 Å². The van der Waals surface area contributed by atoms with Crippen molar-refractivity contribution in [2.24, 2.45) is 0 Å². The number of alkyl halides is 1. The number of pyridine rings is 1. The maximum absolute atomic E-state index is 5.98. The van der Waals surface area contributed by atoms with Crippen LogP contribution >= 0.6 is 23.2 Å². The molecule has 1 aromatic heterocycles. The molecule has 78 valence electrons. The van der Waals surface area contributed by atoms with E-state index in [0.717, 1.165) is 12.1 Å². The van der Waals surface area contributed by atoms with Gasteiger partial charge >= 0.3 is 0 Å². The minimum absolute atomic E-state index is 0.119. The molecular formula is C10H14Cl2N2. The molecule has 1 aromatic rings. The van der Waals surface area contributed by atoms with Gasteiger partial charge in [-0.05, 0) is 19.4 Å².